The first-order valence-corrected chi connectivity index (χ1v) is 4.30. The SMILES string of the molecule is O=c1cc(C(F)F)[nH]c2c(F)c(F)ccc12. The molecule has 0 atom stereocenters. The van der Waals surface area contributed by atoms with Gasteiger partial charge < -0.3 is 4.98 Å². The van der Waals surface area contributed by atoms with Crippen molar-refractivity contribution >= 4 is 10.9 Å². The molecule has 0 saturated carbocycles. The second-order valence-electron chi connectivity index (χ2n) is 3.17. The van der Waals surface area contributed by atoms with Crippen LogP contribution in [0.4, 0.5) is 17.6 Å². The number of hydrogen-bond donors (Lipinski definition) is 1. The average molecular weight is 231 g/mol. The van der Waals surface area contributed by atoms with E-state index in [2.05, 4.69) is 0 Å². The molecule has 2 aromatic rings. The summed E-state index contributed by atoms with van der Waals surface area (Å²) in [4.78, 5) is 13.3. The van der Waals surface area contributed by atoms with Gasteiger partial charge >= 0.3 is 0 Å². The van der Waals surface area contributed by atoms with Crippen LogP contribution in [0.25, 0.3) is 10.9 Å². The van der Waals surface area contributed by atoms with Gasteiger partial charge in [-0.25, -0.2) is 17.6 Å². The van der Waals surface area contributed by atoms with Crippen molar-refractivity contribution in [1.82, 2.24) is 4.98 Å². The Labute approximate surface area is 86.5 Å². The largest absolute Gasteiger partial charge is 0.351 e. The number of nitrogens with one attached hydrogen (secondary N) is 1. The Morgan fingerprint density at radius 2 is 1.88 bits per heavy atom. The number of benzene rings is 1. The van der Waals surface area contributed by atoms with Crippen LogP contribution in [-0.4, -0.2) is 4.98 Å². The molecule has 16 heavy (non-hydrogen) atoms. The van der Waals surface area contributed by atoms with Crippen LogP contribution in [0.2, 0.25) is 0 Å². The van der Waals surface area contributed by atoms with Gasteiger partial charge in [0.1, 0.15) is 0 Å². The summed E-state index contributed by atoms with van der Waals surface area (Å²) in [6.07, 6.45) is -2.94. The van der Waals surface area contributed by atoms with E-state index in [4.69, 9.17) is 0 Å². The predicted molar refractivity (Wildman–Crippen MR) is 49.4 cm³/mol. The molecule has 2 nitrogen and oxygen atoms in total. The number of rotatable bonds is 1. The monoisotopic (exact) mass is 231 g/mol. The molecule has 6 heteroatoms. The summed E-state index contributed by atoms with van der Waals surface area (Å²) in [5.74, 6) is -2.54. The van der Waals surface area contributed by atoms with Crippen molar-refractivity contribution in [3.8, 4) is 0 Å². The molecular formula is C10H5F4NO. The quantitative estimate of drug-likeness (QED) is 0.752. The van der Waals surface area contributed by atoms with E-state index in [1.54, 1.807) is 0 Å². The Bertz CT molecular complexity index is 606. The van der Waals surface area contributed by atoms with E-state index >= 15 is 0 Å². The minimum Gasteiger partial charge on any atom is -0.351 e. The molecular weight excluding hydrogens is 226 g/mol. The van der Waals surface area contributed by atoms with Gasteiger partial charge in [0.05, 0.1) is 11.2 Å². The number of pyridine rings is 1. The van der Waals surface area contributed by atoms with Gasteiger partial charge in [0.25, 0.3) is 6.43 Å². The zero-order valence-corrected chi connectivity index (χ0v) is 7.73. The topological polar surface area (TPSA) is 32.9 Å². The Kier molecular flexibility index (Phi) is 2.41. The van der Waals surface area contributed by atoms with Crippen molar-refractivity contribution < 1.29 is 17.6 Å². The number of aromatic amines is 1. The summed E-state index contributed by atoms with van der Waals surface area (Å²) >= 11 is 0. The maximum absolute atomic E-state index is 13.2. The van der Waals surface area contributed by atoms with Gasteiger partial charge in [-0.1, -0.05) is 0 Å². The molecule has 0 spiro atoms. The van der Waals surface area contributed by atoms with Crippen LogP contribution >= 0.6 is 0 Å². The zero-order chi connectivity index (χ0) is 11.9. The molecule has 2 rings (SSSR count). The summed E-state index contributed by atoms with van der Waals surface area (Å²) in [7, 11) is 0. The lowest BCUT2D eigenvalue weighted by molar-refractivity contribution is 0.146. The highest BCUT2D eigenvalue weighted by atomic mass is 19.3. The van der Waals surface area contributed by atoms with Crippen LogP contribution in [0.5, 0.6) is 0 Å². The molecule has 0 saturated heterocycles. The van der Waals surface area contributed by atoms with Crippen molar-refractivity contribution in [2.45, 2.75) is 6.43 Å². The lowest BCUT2D eigenvalue weighted by Gasteiger charge is -2.04. The Morgan fingerprint density at radius 3 is 2.50 bits per heavy atom. The molecule has 0 bridgehead atoms. The lowest BCUT2D eigenvalue weighted by atomic mass is 10.2. The molecule has 1 N–H and O–H groups in total. The van der Waals surface area contributed by atoms with Crippen LogP contribution in [0.3, 0.4) is 0 Å². The van der Waals surface area contributed by atoms with E-state index in [1.165, 1.54) is 0 Å². The van der Waals surface area contributed by atoms with E-state index in [9.17, 15) is 22.4 Å². The van der Waals surface area contributed by atoms with Gasteiger partial charge in [0, 0.05) is 11.5 Å². The maximum Gasteiger partial charge on any atom is 0.278 e. The summed E-state index contributed by atoms with van der Waals surface area (Å²) in [5.41, 5.74) is -2.05. The van der Waals surface area contributed by atoms with Crippen LogP contribution in [-0.2, 0) is 0 Å². The number of halogens is 4. The smallest absolute Gasteiger partial charge is 0.278 e. The van der Waals surface area contributed by atoms with Gasteiger partial charge in [0.15, 0.2) is 17.1 Å². The highest BCUT2D eigenvalue weighted by Crippen LogP contribution is 2.20. The first kappa shape index (κ1) is 10.7. The van der Waals surface area contributed by atoms with E-state index in [-0.39, 0.29) is 5.39 Å². The summed E-state index contributed by atoms with van der Waals surface area (Å²) in [6.45, 7) is 0. The first-order chi connectivity index (χ1) is 7.50. The van der Waals surface area contributed by atoms with E-state index < -0.39 is 34.7 Å². The number of fused-ring (bicyclic) bond motifs is 1. The lowest BCUT2D eigenvalue weighted by Crippen LogP contribution is -2.07. The minimum atomic E-state index is -2.94. The third-order valence-corrected chi connectivity index (χ3v) is 2.15. The van der Waals surface area contributed by atoms with Gasteiger partial charge in [0.2, 0.25) is 0 Å². The standard InChI is InChI=1S/C10H5F4NO/c11-5-2-1-4-7(16)3-6(10(13)14)15-9(4)8(5)12/h1-3,10H,(H,15,16). The average Bonchev–Trinajstić information content (AvgIpc) is 2.23. The first-order valence-electron chi connectivity index (χ1n) is 4.30. The minimum absolute atomic E-state index is 0.164. The summed E-state index contributed by atoms with van der Waals surface area (Å²) < 4.78 is 50.7. The fourth-order valence-electron chi connectivity index (χ4n) is 1.40. The van der Waals surface area contributed by atoms with Crippen LogP contribution < -0.4 is 5.43 Å². The summed E-state index contributed by atoms with van der Waals surface area (Å²) in [6, 6.07) is 2.49. The Morgan fingerprint density at radius 1 is 1.19 bits per heavy atom. The second kappa shape index (κ2) is 3.62. The van der Waals surface area contributed by atoms with Crippen molar-refractivity contribution in [3.63, 3.8) is 0 Å². The number of aromatic nitrogens is 1. The molecule has 0 unspecified atom stereocenters. The molecule has 1 aromatic carbocycles. The molecule has 0 fully saturated rings. The Hall–Kier alpha value is -1.85. The highest BCUT2D eigenvalue weighted by molar-refractivity contribution is 5.79. The van der Waals surface area contributed by atoms with E-state index in [0.29, 0.717) is 6.07 Å². The summed E-state index contributed by atoms with van der Waals surface area (Å²) in [5, 5.41) is -0.164. The maximum atomic E-state index is 13.2. The second-order valence-corrected chi connectivity index (χ2v) is 3.17. The predicted octanol–water partition coefficient (Wildman–Crippen LogP) is 2.74. The number of hydrogen-bond acceptors (Lipinski definition) is 1. The van der Waals surface area contributed by atoms with Gasteiger partial charge in [-0.05, 0) is 12.1 Å². The molecule has 0 aliphatic heterocycles. The molecule has 1 heterocycles. The van der Waals surface area contributed by atoms with Crippen molar-refractivity contribution in [1.29, 1.82) is 0 Å². The van der Waals surface area contributed by atoms with Crippen LogP contribution in [0.1, 0.15) is 12.1 Å². The zero-order valence-electron chi connectivity index (χ0n) is 7.73. The third kappa shape index (κ3) is 1.56. The van der Waals surface area contributed by atoms with Gasteiger partial charge in [-0.3, -0.25) is 4.79 Å². The fraction of sp³-hybridized carbons (Fsp3) is 0.100. The molecule has 0 radical (unpaired) electrons. The fourth-order valence-corrected chi connectivity index (χ4v) is 1.40. The van der Waals surface area contributed by atoms with Crippen molar-refractivity contribution in [2.24, 2.45) is 0 Å². The highest BCUT2D eigenvalue weighted by Gasteiger charge is 2.14. The number of H-pyrrole nitrogens is 1. The van der Waals surface area contributed by atoms with Gasteiger partial charge in [-0.2, -0.15) is 0 Å². The van der Waals surface area contributed by atoms with E-state index in [0.717, 1.165) is 12.1 Å². The van der Waals surface area contributed by atoms with Crippen LogP contribution in [0.15, 0.2) is 23.0 Å². The van der Waals surface area contributed by atoms with Crippen LogP contribution in [0, 0.1) is 11.6 Å². The normalized spacial score (nSPS) is 11.3. The van der Waals surface area contributed by atoms with Crippen molar-refractivity contribution in [2.75, 3.05) is 0 Å². The molecule has 0 amide bonds. The molecule has 84 valence electrons. The van der Waals surface area contributed by atoms with Crippen molar-refractivity contribution in [3.05, 3.63) is 45.8 Å². The Balaban J connectivity index is 2.89. The molecule has 1 aromatic heterocycles. The van der Waals surface area contributed by atoms with Gasteiger partial charge in [-0.15, -0.1) is 0 Å². The number of alkyl halides is 2. The third-order valence-electron chi connectivity index (χ3n) is 2.15. The van der Waals surface area contributed by atoms with E-state index in [1.807, 2.05) is 4.98 Å². The molecule has 0 aliphatic rings. The molecule has 0 aliphatic carbocycles.